The van der Waals surface area contributed by atoms with Gasteiger partial charge in [-0.05, 0) is 32.0 Å². The Hall–Kier alpha value is -2.05. The molecule has 0 bridgehead atoms. The van der Waals surface area contributed by atoms with Crippen LogP contribution in [0, 0.1) is 0 Å². The van der Waals surface area contributed by atoms with Crippen molar-refractivity contribution in [2.45, 2.75) is 19.8 Å². The van der Waals surface area contributed by atoms with Gasteiger partial charge in [0.1, 0.15) is 5.82 Å². The van der Waals surface area contributed by atoms with Gasteiger partial charge < -0.3 is 15.4 Å². The van der Waals surface area contributed by atoms with Crippen LogP contribution in [0.3, 0.4) is 0 Å². The van der Waals surface area contributed by atoms with Crippen LogP contribution in [0.2, 0.25) is 0 Å². The smallest absolute Gasteiger partial charge is 0.163 e. The van der Waals surface area contributed by atoms with Crippen LogP contribution in [0.1, 0.15) is 18.2 Å². The van der Waals surface area contributed by atoms with Crippen molar-refractivity contribution in [3.63, 3.8) is 0 Å². The van der Waals surface area contributed by atoms with E-state index >= 15 is 0 Å². The fraction of sp³-hybridized carbons (Fsp3) is 0.471. The van der Waals surface area contributed by atoms with E-state index in [1.54, 1.807) is 12.4 Å². The molecular weight excluding hydrogens is 290 g/mol. The summed E-state index contributed by atoms with van der Waals surface area (Å²) in [6, 6.07) is 3.90. The highest BCUT2D eigenvalue weighted by molar-refractivity contribution is 5.59. The zero-order valence-corrected chi connectivity index (χ0v) is 13.5. The van der Waals surface area contributed by atoms with E-state index in [0.29, 0.717) is 6.61 Å². The monoisotopic (exact) mass is 313 g/mol. The van der Waals surface area contributed by atoms with Gasteiger partial charge in [-0.25, -0.2) is 9.97 Å². The van der Waals surface area contributed by atoms with Gasteiger partial charge in [-0.2, -0.15) is 0 Å². The molecule has 0 atom stereocenters. The average Bonchev–Trinajstić information content (AvgIpc) is 2.85. The molecule has 1 aliphatic rings. The number of aromatic nitrogens is 3. The van der Waals surface area contributed by atoms with E-state index in [4.69, 9.17) is 14.7 Å². The summed E-state index contributed by atoms with van der Waals surface area (Å²) < 4.78 is 5.41. The topological polar surface area (TPSA) is 72.0 Å². The maximum atomic E-state index is 5.41. The van der Waals surface area contributed by atoms with E-state index in [1.165, 1.54) is 5.56 Å². The lowest BCUT2D eigenvalue weighted by molar-refractivity contribution is 0.158. The van der Waals surface area contributed by atoms with Crippen LogP contribution in [-0.4, -0.2) is 47.8 Å². The minimum atomic E-state index is 0.676. The molecule has 1 aliphatic heterocycles. The summed E-state index contributed by atoms with van der Waals surface area (Å²) in [6.45, 7) is 6.07. The molecule has 0 saturated heterocycles. The molecule has 0 amide bonds. The molecule has 2 N–H and O–H groups in total. The highest BCUT2D eigenvalue weighted by atomic mass is 16.5. The van der Waals surface area contributed by atoms with Gasteiger partial charge in [-0.15, -0.1) is 0 Å². The second-order valence-corrected chi connectivity index (χ2v) is 5.44. The number of nitrogens with one attached hydrogen (secondary N) is 2. The Morgan fingerprint density at radius 2 is 2.17 bits per heavy atom. The van der Waals surface area contributed by atoms with E-state index in [0.717, 1.165) is 62.0 Å². The lowest BCUT2D eigenvalue weighted by atomic mass is 10.1. The quantitative estimate of drug-likeness (QED) is 0.791. The van der Waals surface area contributed by atoms with E-state index in [9.17, 15) is 0 Å². The number of pyridine rings is 1. The molecule has 2 aromatic heterocycles. The van der Waals surface area contributed by atoms with E-state index in [2.05, 4.69) is 15.6 Å². The summed E-state index contributed by atoms with van der Waals surface area (Å²) in [5.74, 6) is 1.66. The highest BCUT2D eigenvalue weighted by Gasteiger charge is 2.17. The lowest BCUT2D eigenvalue weighted by Gasteiger charge is -2.14. The molecule has 0 spiro atoms. The van der Waals surface area contributed by atoms with Crippen LogP contribution < -0.4 is 10.6 Å². The molecule has 3 rings (SSSR count). The molecule has 122 valence electrons. The number of hydrogen-bond donors (Lipinski definition) is 2. The van der Waals surface area contributed by atoms with Gasteiger partial charge in [0, 0.05) is 49.6 Å². The minimum absolute atomic E-state index is 0.676. The highest BCUT2D eigenvalue weighted by Crippen LogP contribution is 2.24. The van der Waals surface area contributed by atoms with Crippen molar-refractivity contribution < 1.29 is 4.74 Å². The Balaban J connectivity index is 1.91. The number of ether oxygens (including phenoxy) is 1. The lowest BCUT2D eigenvalue weighted by Crippen LogP contribution is -2.16. The van der Waals surface area contributed by atoms with Crippen LogP contribution in [0.4, 0.5) is 5.82 Å². The van der Waals surface area contributed by atoms with Crippen molar-refractivity contribution in [3.05, 3.63) is 35.8 Å². The van der Waals surface area contributed by atoms with Gasteiger partial charge in [0.05, 0.1) is 12.3 Å². The maximum absolute atomic E-state index is 5.41. The first-order valence-electron chi connectivity index (χ1n) is 8.21. The average molecular weight is 313 g/mol. The van der Waals surface area contributed by atoms with E-state index in [1.807, 2.05) is 19.1 Å². The Morgan fingerprint density at radius 1 is 1.26 bits per heavy atom. The minimum Gasteiger partial charge on any atom is -0.380 e. The molecule has 0 saturated carbocycles. The van der Waals surface area contributed by atoms with Gasteiger partial charge in [0.15, 0.2) is 5.82 Å². The zero-order valence-electron chi connectivity index (χ0n) is 13.5. The number of rotatable bonds is 6. The number of hydrogen-bond acceptors (Lipinski definition) is 6. The third-order valence-electron chi connectivity index (χ3n) is 3.85. The van der Waals surface area contributed by atoms with Crippen molar-refractivity contribution in [2.24, 2.45) is 0 Å². The summed E-state index contributed by atoms with van der Waals surface area (Å²) in [5, 5.41) is 6.85. The van der Waals surface area contributed by atoms with Crippen molar-refractivity contribution in [2.75, 3.05) is 38.2 Å². The van der Waals surface area contributed by atoms with Gasteiger partial charge in [0.25, 0.3) is 0 Å². The Kier molecular flexibility index (Phi) is 5.50. The Bertz CT molecular complexity index is 632. The molecule has 6 nitrogen and oxygen atoms in total. The second-order valence-electron chi connectivity index (χ2n) is 5.44. The molecule has 23 heavy (non-hydrogen) atoms. The first-order chi connectivity index (χ1) is 11.4. The predicted molar refractivity (Wildman–Crippen MR) is 90.5 cm³/mol. The van der Waals surface area contributed by atoms with Gasteiger partial charge in [0.2, 0.25) is 0 Å². The summed E-state index contributed by atoms with van der Waals surface area (Å²) in [5.41, 5.74) is 3.29. The predicted octanol–water partition coefficient (Wildman–Crippen LogP) is 1.68. The molecule has 0 unspecified atom stereocenters. The summed E-state index contributed by atoms with van der Waals surface area (Å²) >= 11 is 0. The molecule has 6 heteroatoms. The largest absolute Gasteiger partial charge is 0.380 e. The van der Waals surface area contributed by atoms with Crippen LogP contribution >= 0.6 is 0 Å². The van der Waals surface area contributed by atoms with E-state index < -0.39 is 0 Å². The third kappa shape index (κ3) is 4.03. The summed E-state index contributed by atoms with van der Waals surface area (Å²) in [4.78, 5) is 13.7. The Morgan fingerprint density at radius 3 is 3.00 bits per heavy atom. The van der Waals surface area contributed by atoms with Crippen LogP contribution in [0.25, 0.3) is 11.4 Å². The van der Waals surface area contributed by atoms with E-state index in [-0.39, 0.29) is 0 Å². The maximum Gasteiger partial charge on any atom is 0.163 e. The standard InChI is InChI=1S/C17H23N5O/c1-2-23-11-10-20-17-14-5-8-18-9-6-15(14)21-16(22-17)13-4-3-7-19-12-13/h3-4,7,12,18H,2,5-6,8-11H2,1H3,(H,20,21,22). The SMILES string of the molecule is CCOCCNc1nc(-c2cccnc2)nc2c1CCNCC2. The summed E-state index contributed by atoms with van der Waals surface area (Å²) in [7, 11) is 0. The van der Waals surface area contributed by atoms with Gasteiger partial charge in [-0.3, -0.25) is 4.98 Å². The molecular formula is C17H23N5O. The molecule has 0 fully saturated rings. The second kappa shape index (κ2) is 7.99. The third-order valence-corrected chi connectivity index (χ3v) is 3.85. The van der Waals surface area contributed by atoms with Crippen LogP contribution in [0.15, 0.2) is 24.5 Å². The van der Waals surface area contributed by atoms with Crippen molar-refractivity contribution in [1.82, 2.24) is 20.3 Å². The summed E-state index contributed by atoms with van der Waals surface area (Å²) in [6.07, 6.45) is 5.43. The first-order valence-corrected chi connectivity index (χ1v) is 8.21. The normalized spacial score (nSPS) is 14.1. The molecule has 0 aromatic carbocycles. The number of nitrogens with zero attached hydrogens (tertiary/aromatic N) is 3. The van der Waals surface area contributed by atoms with Crippen molar-refractivity contribution >= 4 is 5.82 Å². The van der Waals surface area contributed by atoms with Crippen molar-refractivity contribution in [3.8, 4) is 11.4 Å². The fourth-order valence-corrected chi connectivity index (χ4v) is 2.70. The first kappa shape index (κ1) is 15.8. The number of fused-ring (bicyclic) bond motifs is 1. The van der Waals surface area contributed by atoms with Crippen molar-refractivity contribution in [1.29, 1.82) is 0 Å². The Labute approximate surface area is 136 Å². The van der Waals surface area contributed by atoms with Crippen LogP contribution in [0.5, 0.6) is 0 Å². The molecule has 3 heterocycles. The molecule has 0 aliphatic carbocycles. The van der Waals surface area contributed by atoms with Crippen LogP contribution in [-0.2, 0) is 17.6 Å². The zero-order chi connectivity index (χ0) is 15.9. The molecule has 2 aromatic rings. The molecule has 0 radical (unpaired) electrons. The fourth-order valence-electron chi connectivity index (χ4n) is 2.70. The van der Waals surface area contributed by atoms with Gasteiger partial charge >= 0.3 is 0 Å². The number of anilines is 1. The van der Waals surface area contributed by atoms with Gasteiger partial charge in [-0.1, -0.05) is 0 Å².